The summed E-state index contributed by atoms with van der Waals surface area (Å²) in [6.07, 6.45) is 0. The second-order valence-electron chi connectivity index (χ2n) is 13.0. The molecule has 10 rings (SSSR count). The van der Waals surface area contributed by atoms with Gasteiger partial charge in [0.1, 0.15) is 11.2 Å². The van der Waals surface area contributed by atoms with Crippen molar-refractivity contribution in [2.24, 2.45) is 0 Å². The zero-order chi connectivity index (χ0) is 33.0. The second-order valence-corrected chi connectivity index (χ2v) is 13.0. The third kappa shape index (κ3) is 4.89. The summed E-state index contributed by atoms with van der Waals surface area (Å²) in [5.41, 5.74) is 9.82. The highest BCUT2D eigenvalue weighted by molar-refractivity contribution is 6.11. The molecule has 0 aliphatic rings. The summed E-state index contributed by atoms with van der Waals surface area (Å²) in [7, 11) is 0. The van der Waals surface area contributed by atoms with E-state index in [2.05, 4.69) is 193 Å². The SMILES string of the molecule is c1cc(-c2cccc(N(c3ccc4ccccc4c3)c3ccc4oc5cc6ccccc6cc5c4c3)c2)cc(-c2ccc3ccccc3c2)c1. The van der Waals surface area contributed by atoms with Crippen molar-refractivity contribution < 1.29 is 4.42 Å². The normalized spacial score (nSPS) is 11.6. The molecule has 0 spiro atoms. The van der Waals surface area contributed by atoms with Gasteiger partial charge in [-0.15, -0.1) is 0 Å². The lowest BCUT2D eigenvalue weighted by molar-refractivity contribution is 0.669. The second kappa shape index (κ2) is 11.5. The van der Waals surface area contributed by atoms with Gasteiger partial charge in [0.05, 0.1) is 0 Å². The van der Waals surface area contributed by atoms with Crippen molar-refractivity contribution in [3.63, 3.8) is 0 Å². The van der Waals surface area contributed by atoms with Crippen LogP contribution in [0, 0.1) is 0 Å². The minimum absolute atomic E-state index is 0.886. The Kier molecular flexibility index (Phi) is 6.53. The van der Waals surface area contributed by atoms with Crippen LogP contribution in [0.4, 0.5) is 17.1 Å². The molecule has 0 saturated carbocycles. The third-order valence-corrected chi connectivity index (χ3v) is 9.95. The Labute approximate surface area is 290 Å². The van der Waals surface area contributed by atoms with Crippen LogP contribution in [0.5, 0.6) is 0 Å². The molecule has 0 amide bonds. The Balaban J connectivity index is 1.12. The number of fused-ring (bicyclic) bond motifs is 6. The molecule has 0 radical (unpaired) electrons. The highest BCUT2D eigenvalue weighted by Gasteiger charge is 2.17. The molecule has 0 bridgehead atoms. The third-order valence-electron chi connectivity index (χ3n) is 9.95. The van der Waals surface area contributed by atoms with Crippen LogP contribution in [-0.4, -0.2) is 0 Å². The number of benzene rings is 9. The summed E-state index contributed by atoms with van der Waals surface area (Å²) in [6, 6.07) is 67.7. The monoisotopic (exact) mass is 637 g/mol. The smallest absolute Gasteiger partial charge is 0.136 e. The summed E-state index contributed by atoms with van der Waals surface area (Å²) in [6.45, 7) is 0. The minimum Gasteiger partial charge on any atom is -0.456 e. The van der Waals surface area contributed by atoms with Crippen molar-refractivity contribution in [1.29, 1.82) is 0 Å². The summed E-state index contributed by atoms with van der Waals surface area (Å²) in [4.78, 5) is 2.36. The van der Waals surface area contributed by atoms with Crippen molar-refractivity contribution in [2.75, 3.05) is 4.90 Å². The highest BCUT2D eigenvalue weighted by atomic mass is 16.3. The van der Waals surface area contributed by atoms with E-state index in [1.807, 2.05) is 0 Å². The first kappa shape index (κ1) is 28.4. The lowest BCUT2D eigenvalue weighted by Gasteiger charge is -2.26. The molecule has 1 aromatic heterocycles. The van der Waals surface area contributed by atoms with E-state index in [4.69, 9.17) is 4.42 Å². The zero-order valence-corrected chi connectivity index (χ0v) is 27.3. The van der Waals surface area contributed by atoms with Crippen LogP contribution in [0.3, 0.4) is 0 Å². The van der Waals surface area contributed by atoms with Crippen LogP contribution >= 0.6 is 0 Å². The molecule has 1 heterocycles. The van der Waals surface area contributed by atoms with Crippen LogP contribution in [0.15, 0.2) is 192 Å². The maximum Gasteiger partial charge on any atom is 0.136 e. The average molecular weight is 638 g/mol. The van der Waals surface area contributed by atoms with Crippen LogP contribution in [0.2, 0.25) is 0 Å². The van der Waals surface area contributed by atoms with E-state index in [-0.39, 0.29) is 0 Å². The van der Waals surface area contributed by atoms with E-state index >= 15 is 0 Å². The first-order chi connectivity index (χ1) is 24.7. The molecule has 50 heavy (non-hydrogen) atoms. The van der Waals surface area contributed by atoms with Gasteiger partial charge in [0.2, 0.25) is 0 Å². The van der Waals surface area contributed by atoms with Gasteiger partial charge >= 0.3 is 0 Å². The topological polar surface area (TPSA) is 16.4 Å². The molecule has 0 aliphatic heterocycles. The van der Waals surface area contributed by atoms with Gasteiger partial charge in [0, 0.05) is 27.8 Å². The molecule has 2 nitrogen and oxygen atoms in total. The van der Waals surface area contributed by atoms with E-state index in [1.165, 1.54) is 49.0 Å². The van der Waals surface area contributed by atoms with Gasteiger partial charge in [0.25, 0.3) is 0 Å². The first-order valence-corrected chi connectivity index (χ1v) is 17.1. The van der Waals surface area contributed by atoms with Gasteiger partial charge in [-0.25, -0.2) is 0 Å². The summed E-state index contributed by atoms with van der Waals surface area (Å²) in [5, 5.41) is 9.54. The maximum atomic E-state index is 6.39. The lowest BCUT2D eigenvalue weighted by atomic mass is 9.97. The van der Waals surface area contributed by atoms with E-state index < -0.39 is 0 Å². The molecule has 10 aromatic rings. The zero-order valence-electron chi connectivity index (χ0n) is 27.3. The molecule has 0 atom stereocenters. The Morgan fingerprint density at radius 1 is 0.280 bits per heavy atom. The number of hydrogen-bond donors (Lipinski definition) is 0. The van der Waals surface area contributed by atoms with Crippen LogP contribution < -0.4 is 4.90 Å². The van der Waals surface area contributed by atoms with Crippen molar-refractivity contribution >= 4 is 71.3 Å². The molecule has 0 N–H and O–H groups in total. The summed E-state index contributed by atoms with van der Waals surface area (Å²) >= 11 is 0. The summed E-state index contributed by atoms with van der Waals surface area (Å²) in [5.74, 6) is 0. The molecule has 9 aromatic carbocycles. The predicted molar refractivity (Wildman–Crippen MR) is 212 cm³/mol. The quantitative estimate of drug-likeness (QED) is 0.187. The van der Waals surface area contributed by atoms with Crippen molar-refractivity contribution in [3.05, 3.63) is 188 Å². The molecule has 0 saturated heterocycles. The number of anilines is 3. The fourth-order valence-corrected chi connectivity index (χ4v) is 7.42. The van der Waals surface area contributed by atoms with E-state index in [0.717, 1.165) is 44.6 Å². The fraction of sp³-hybridized carbons (Fsp3) is 0. The van der Waals surface area contributed by atoms with E-state index in [0.29, 0.717) is 0 Å². The molecule has 2 heteroatoms. The van der Waals surface area contributed by atoms with Gasteiger partial charge in [-0.05, 0) is 121 Å². The number of nitrogens with zero attached hydrogens (tertiary/aromatic N) is 1. The highest BCUT2D eigenvalue weighted by Crippen LogP contribution is 2.41. The Hall–Kier alpha value is -6.64. The van der Waals surface area contributed by atoms with E-state index in [1.54, 1.807) is 0 Å². The van der Waals surface area contributed by atoms with Crippen LogP contribution in [-0.2, 0) is 0 Å². The Morgan fingerprint density at radius 2 is 0.780 bits per heavy atom. The molecular weight excluding hydrogens is 607 g/mol. The fourth-order valence-electron chi connectivity index (χ4n) is 7.42. The first-order valence-electron chi connectivity index (χ1n) is 17.1. The largest absolute Gasteiger partial charge is 0.456 e. The number of rotatable bonds is 5. The Bertz CT molecular complexity index is 2900. The molecule has 0 unspecified atom stereocenters. The van der Waals surface area contributed by atoms with Gasteiger partial charge in [-0.3, -0.25) is 0 Å². The van der Waals surface area contributed by atoms with Gasteiger partial charge in [-0.1, -0.05) is 121 Å². The van der Waals surface area contributed by atoms with Crippen LogP contribution in [0.1, 0.15) is 0 Å². The van der Waals surface area contributed by atoms with Crippen molar-refractivity contribution in [2.45, 2.75) is 0 Å². The maximum absolute atomic E-state index is 6.39. The minimum atomic E-state index is 0.886. The Morgan fingerprint density at radius 3 is 1.52 bits per heavy atom. The van der Waals surface area contributed by atoms with Gasteiger partial charge in [0.15, 0.2) is 0 Å². The molecule has 0 fully saturated rings. The van der Waals surface area contributed by atoms with Gasteiger partial charge in [-0.2, -0.15) is 0 Å². The van der Waals surface area contributed by atoms with Crippen molar-refractivity contribution in [3.8, 4) is 22.3 Å². The summed E-state index contributed by atoms with van der Waals surface area (Å²) < 4.78 is 6.39. The average Bonchev–Trinajstić information content (AvgIpc) is 3.53. The van der Waals surface area contributed by atoms with E-state index in [9.17, 15) is 0 Å². The van der Waals surface area contributed by atoms with Crippen LogP contribution in [0.25, 0.3) is 76.5 Å². The number of hydrogen-bond acceptors (Lipinski definition) is 2. The predicted octanol–water partition coefficient (Wildman–Crippen LogP) is 13.8. The molecule has 234 valence electrons. The molecular formula is C48H31NO. The lowest BCUT2D eigenvalue weighted by Crippen LogP contribution is -2.10. The molecule has 0 aliphatic carbocycles. The number of furan rings is 1. The standard InChI is InChI=1S/C48H31NO/c1-3-11-34-25-41(20-19-32(34)9-1)36-16-7-15-35(26-36)38-17-8-18-42(28-38)49(43-22-21-33-10-2-4-12-37(33)27-43)44-23-24-47-46(31-44)45-29-39-13-5-6-14-40(39)30-48(45)50-47/h1-31H. The van der Waals surface area contributed by atoms with Crippen molar-refractivity contribution in [1.82, 2.24) is 0 Å². The van der Waals surface area contributed by atoms with Gasteiger partial charge < -0.3 is 9.32 Å².